The molecule has 1 aliphatic carbocycles. The highest BCUT2D eigenvalue weighted by atomic mass is 16.2. The first kappa shape index (κ1) is 17.2. The van der Waals surface area contributed by atoms with Crippen LogP contribution in [0.4, 0.5) is 0 Å². The number of ketones is 2. The summed E-state index contributed by atoms with van der Waals surface area (Å²) in [5.74, 6) is -1.12. The standard InChI is InChI=1S/C17H23N3O3/c1-5-13(21)15(17(2,3)4)20-16(23)11-8-10(11)14(22)12-9-18-6-7-19-12/h6-7,9-11,15H,5,8H2,1-4H3,(H,20,23)/t10-,11?,15?/m1/s1. The molecule has 23 heavy (non-hydrogen) atoms. The molecule has 1 aromatic rings. The summed E-state index contributed by atoms with van der Waals surface area (Å²) >= 11 is 0. The molecular weight excluding hydrogens is 294 g/mol. The van der Waals surface area contributed by atoms with E-state index in [1.54, 1.807) is 6.92 Å². The second-order valence-electron chi connectivity index (χ2n) is 7.03. The Morgan fingerprint density at radius 3 is 2.48 bits per heavy atom. The Morgan fingerprint density at radius 2 is 1.96 bits per heavy atom. The number of aromatic nitrogens is 2. The summed E-state index contributed by atoms with van der Waals surface area (Å²) in [6, 6.07) is -0.534. The van der Waals surface area contributed by atoms with Crippen LogP contribution < -0.4 is 5.32 Å². The van der Waals surface area contributed by atoms with E-state index in [0.717, 1.165) is 0 Å². The molecule has 0 saturated heterocycles. The van der Waals surface area contributed by atoms with Crippen LogP contribution >= 0.6 is 0 Å². The Kier molecular flexibility index (Phi) is 4.92. The lowest BCUT2D eigenvalue weighted by Crippen LogP contribution is -2.49. The van der Waals surface area contributed by atoms with E-state index in [0.29, 0.717) is 12.8 Å². The van der Waals surface area contributed by atoms with Crippen LogP contribution in [0.3, 0.4) is 0 Å². The molecule has 1 N–H and O–H groups in total. The van der Waals surface area contributed by atoms with Crippen molar-refractivity contribution in [1.29, 1.82) is 0 Å². The van der Waals surface area contributed by atoms with Gasteiger partial charge in [0.2, 0.25) is 5.91 Å². The van der Waals surface area contributed by atoms with Crippen LogP contribution in [0.5, 0.6) is 0 Å². The third kappa shape index (κ3) is 4.00. The van der Waals surface area contributed by atoms with Crippen LogP contribution in [0.1, 0.15) is 51.0 Å². The van der Waals surface area contributed by atoms with Gasteiger partial charge in [-0.15, -0.1) is 0 Å². The molecular formula is C17H23N3O3. The Balaban J connectivity index is 2.00. The van der Waals surface area contributed by atoms with Crippen molar-refractivity contribution >= 4 is 17.5 Å². The summed E-state index contributed by atoms with van der Waals surface area (Å²) in [7, 11) is 0. The Bertz CT molecular complexity index is 607. The summed E-state index contributed by atoms with van der Waals surface area (Å²) in [6.45, 7) is 7.53. The minimum Gasteiger partial charge on any atom is -0.345 e. The average Bonchev–Trinajstić information content (AvgIpc) is 3.31. The molecule has 1 saturated carbocycles. The summed E-state index contributed by atoms with van der Waals surface area (Å²) in [5.41, 5.74) is -0.0768. The van der Waals surface area contributed by atoms with Crippen molar-refractivity contribution in [2.45, 2.75) is 46.6 Å². The van der Waals surface area contributed by atoms with E-state index >= 15 is 0 Å². The minimum atomic E-state index is -0.534. The highest BCUT2D eigenvalue weighted by molar-refractivity contribution is 6.02. The maximum Gasteiger partial charge on any atom is 0.224 e. The molecule has 0 aliphatic heterocycles. The Labute approximate surface area is 136 Å². The van der Waals surface area contributed by atoms with Gasteiger partial charge in [-0.3, -0.25) is 19.4 Å². The van der Waals surface area contributed by atoms with Crippen molar-refractivity contribution in [3.8, 4) is 0 Å². The number of hydrogen-bond donors (Lipinski definition) is 1. The minimum absolute atomic E-state index is 0.00306. The molecule has 1 amide bonds. The van der Waals surface area contributed by atoms with Gasteiger partial charge in [0.15, 0.2) is 11.6 Å². The molecule has 1 heterocycles. The van der Waals surface area contributed by atoms with Crippen molar-refractivity contribution < 1.29 is 14.4 Å². The quantitative estimate of drug-likeness (QED) is 0.808. The van der Waals surface area contributed by atoms with Crippen molar-refractivity contribution in [2.75, 3.05) is 0 Å². The topological polar surface area (TPSA) is 89.0 Å². The van der Waals surface area contributed by atoms with Crippen molar-refractivity contribution in [1.82, 2.24) is 15.3 Å². The molecule has 2 unspecified atom stereocenters. The molecule has 1 aliphatic rings. The first-order valence-corrected chi connectivity index (χ1v) is 7.89. The van der Waals surface area contributed by atoms with Gasteiger partial charge >= 0.3 is 0 Å². The second-order valence-corrected chi connectivity index (χ2v) is 7.03. The Hall–Kier alpha value is -2.11. The average molecular weight is 317 g/mol. The number of carbonyl (C=O) groups is 3. The van der Waals surface area contributed by atoms with E-state index in [4.69, 9.17) is 0 Å². The lowest BCUT2D eigenvalue weighted by molar-refractivity contribution is -0.130. The largest absolute Gasteiger partial charge is 0.345 e. The maximum absolute atomic E-state index is 12.4. The van der Waals surface area contributed by atoms with Gasteiger partial charge in [0.25, 0.3) is 0 Å². The number of amides is 1. The summed E-state index contributed by atoms with van der Waals surface area (Å²) in [6.07, 6.45) is 5.24. The number of nitrogens with zero attached hydrogens (tertiary/aromatic N) is 2. The highest BCUT2D eigenvalue weighted by Crippen LogP contribution is 2.41. The van der Waals surface area contributed by atoms with Crippen molar-refractivity contribution in [2.24, 2.45) is 17.3 Å². The van der Waals surface area contributed by atoms with Crippen molar-refractivity contribution in [3.05, 3.63) is 24.3 Å². The van der Waals surface area contributed by atoms with Gasteiger partial charge in [0.1, 0.15) is 5.69 Å². The number of Topliss-reactive ketones (excluding diaryl/α,β-unsaturated/α-hetero) is 2. The highest BCUT2D eigenvalue weighted by Gasteiger charge is 2.49. The number of hydrogen-bond acceptors (Lipinski definition) is 5. The molecule has 1 aromatic heterocycles. The lowest BCUT2D eigenvalue weighted by atomic mass is 9.83. The summed E-state index contributed by atoms with van der Waals surface area (Å²) < 4.78 is 0. The van der Waals surface area contributed by atoms with E-state index in [1.807, 2.05) is 20.8 Å². The number of carbonyl (C=O) groups excluding carboxylic acids is 3. The SMILES string of the molecule is CCC(=O)C(NC(=O)C1C[C@H]1C(=O)c1cnccn1)C(C)(C)C. The molecule has 124 valence electrons. The van der Waals surface area contributed by atoms with E-state index < -0.39 is 6.04 Å². The number of nitrogens with one attached hydrogen (secondary N) is 1. The summed E-state index contributed by atoms with van der Waals surface area (Å²) in [4.78, 5) is 44.5. The van der Waals surface area contributed by atoms with Crippen LogP contribution in [-0.4, -0.2) is 33.5 Å². The smallest absolute Gasteiger partial charge is 0.224 e. The molecule has 0 radical (unpaired) electrons. The van der Waals surface area contributed by atoms with Crippen LogP contribution in [0.2, 0.25) is 0 Å². The molecule has 2 rings (SSSR count). The zero-order valence-corrected chi connectivity index (χ0v) is 14.0. The van der Waals surface area contributed by atoms with E-state index in [-0.39, 0.29) is 40.4 Å². The second kappa shape index (κ2) is 6.56. The van der Waals surface area contributed by atoms with Crippen LogP contribution in [0.25, 0.3) is 0 Å². The fraction of sp³-hybridized carbons (Fsp3) is 0.588. The van der Waals surface area contributed by atoms with Gasteiger partial charge in [0.05, 0.1) is 12.2 Å². The molecule has 3 atom stereocenters. The maximum atomic E-state index is 12.4. The van der Waals surface area contributed by atoms with Crippen LogP contribution in [0, 0.1) is 17.3 Å². The zero-order chi connectivity index (χ0) is 17.2. The van der Waals surface area contributed by atoms with Crippen molar-refractivity contribution in [3.63, 3.8) is 0 Å². The summed E-state index contributed by atoms with van der Waals surface area (Å²) in [5, 5.41) is 2.83. The molecule has 1 fully saturated rings. The lowest BCUT2D eigenvalue weighted by Gasteiger charge is -2.30. The predicted octanol–water partition coefficient (Wildman–Crippen LogP) is 1.81. The monoisotopic (exact) mass is 317 g/mol. The molecule has 0 spiro atoms. The van der Waals surface area contributed by atoms with Gasteiger partial charge in [0, 0.05) is 30.7 Å². The molecule has 0 bridgehead atoms. The predicted molar refractivity (Wildman–Crippen MR) is 84.6 cm³/mol. The normalized spacial score (nSPS) is 21.4. The molecule has 6 heteroatoms. The van der Waals surface area contributed by atoms with E-state index in [1.165, 1.54) is 18.6 Å². The first-order valence-electron chi connectivity index (χ1n) is 7.89. The molecule has 0 aromatic carbocycles. The first-order chi connectivity index (χ1) is 10.8. The van der Waals surface area contributed by atoms with E-state index in [2.05, 4.69) is 15.3 Å². The fourth-order valence-corrected chi connectivity index (χ4v) is 2.62. The van der Waals surface area contributed by atoms with Gasteiger partial charge in [-0.05, 0) is 11.8 Å². The van der Waals surface area contributed by atoms with Crippen LogP contribution in [-0.2, 0) is 9.59 Å². The van der Waals surface area contributed by atoms with Crippen LogP contribution in [0.15, 0.2) is 18.6 Å². The fourth-order valence-electron chi connectivity index (χ4n) is 2.62. The zero-order valence-electron chi connectivity index (χ0n) is 14.0. The number of rotatable bonds is 6. The third-order valence-corrected chi connectivity index (χ3v) is 4.10. The van der Waals surface area contributed by atoms with E-state index in [9.17, 15) is 14.4 Å². The van der Waals surface area contributed by atoms with Gasteiger partial charge < -0.3 is 5.32 Å². The van der Waals surface area contributed by atoms with Gasteiger partial charge in [-0.25, -0.2) is 4.98 Å². The Morgan fingerprint density at radius 1 is 1.26 bits per heavy atom. The van der Waals surface area contributed by atoms with Gasteiger partial charge in [-0.1, -0.05) is 27.7 Å². The third-order valence-electron chi connectivity index (χ3n) is 4.10. The van der Waals surface area contributed by atoms with Gasteiger partial charge in [-0.2, -0.15) is 0 Å². The molecule has 6 nitrogen and oxygen atoms in total.